The van der Waals surface area contributed by atoms with Crippen LogP contribution in [0.5, 0.6) is 5.75 Å². The smallest absolute Gasteiger partial charge is 0.279 e. The maximum absolute atomic E-state index is 12.3. The van der Waals surface area contributed by atoms with Crippen molar-refractivity contribution in [2.45, 2.75) is 13.0 Å². The average Bonchev–Trinajstić information content (AvgIpc) is 2.65. The molecule has 2 aromatic carbocycles. The number of rotatable bonds is 6. The van der Waals surface area contributed by atoms with Gasteiger partial charge in [0.2, 0.25) is 0 Å². The minimum atomic E-state index is -0.881. The topological polar surface area (TPSA) is 123 Å². The second-order valence-corrected chi connectivity index (χ2v) is 6.31. The van der Waals surface area contributed by atoms with Gasteiger partial charge in [-0.2, -0.15) is 0 Å². The van der Waals surface area contributed by atoms with E-state index in [9.17, 15) is 19.7 Å². The second kappa shape index (κ2) is 8.99. The van der Waals surface area contributed by atoms with Gasteiger partial charge in [0.1, 0.15) is 5.75 Å². The standard InChI is InChI=1S/C17H17BrN4O5/c1-10(27-13-5-3-4-11(18)8-13)16(23)20-21-17(24)14-9-12(22(25)26)6-7-15(14)19-2/h3-10,19H,1-2H3,(H,20,23)(H,21,24). The Bertz CT molecular complexity index is 874. The summed E-state index contributed by atoms with van der Waals surface area (Å²) < 4.78 is 6.29. The van der Waals surface area contributed by atoms with E-state index in [2.05, 4.69) is 32.1 Å². The normalized spacial score (nSPS) is 11.2. The Balaban J connectivity index is 2.01. The van der Waals surface area contributed by atoms with Crippen LogP contribution in [0.4, 0.5) is 11.4 Å². The number of non-ortho nitro benzene ring substituents is 1. The summed E-state index contributed by atoms with van der Waals surface area (Å²) in [5.41, 5.74) is 4.63. The summed E-state index contributed by atoms with van der Waals surface area (Å²) in [7, 11) is 1.57. The molecule has 0 saturated carbocycles. The molecule has 2 rings (SSSR count). The molecule has 2 amide bonds. The lowest BCUT2D eigenvalue weighted by atomic mass is 10.1. The summed E-state index contributed by atoms with van der Waals surface area (Å²) in [6.45, 7) is 1.52. The minimum Gasteiger partial charge on any atom is -0.481 e. The van der Waals surface area contributed by atoms with Crippen molar-refractivity contribution >= 4 is 39.1 Å². The van der Waals surface area contributed by atoms with Gasteiger partial charge in [0.05, 0.1) is 10.5 Å². The number of anilines is 1. The van der Waals surface area contributed by atoms with Gasteiger partial charge in [-0.15, -0.1) is 0 Å². The van der Waals surface area contributed by atoms with Gasteiger partial charge >= 0.3 is 0 Å². The highest BCUT2D eigenvalue weighted by Gasteiger charge is 2.19. The fourth-order valence-corrected chi connectivity index (χ4v) is 2.52. The molecular weight excluding hydrogens is 420 g/mol. The molecule has 0 heterocycles. The molecule has 0 spiro atoms. The van der Waals surface area contributed by atoms with Crippen LogP contribution >= 0.6 is 15.9 Å². The van der Waals surface area contributed by atoms with Crippen molar-refractivity contribution in [1.82, 2.24) is 10.9 Å². The van der Waals surface area contributed by atoms with E-state index in [4.69, 9.17) is 4.74 Å². The van der Waals surface area contributed by atoms with Gasteiger partial charge in [0.25, 0.3) is 17.5 Å². The second-order valence-electron chi connectivity index (χ2n) is 5.40. The Morgan fingerprint density at radius 2 is 1.93 bits per heavy atom. The number of hydrogen-bond donors (Lipinski definition) is 3. The van der Waals surface area contributed by atoms with Crippen LogP contribution in [0.15, 0.2) is 46.9 Å². The van der Waals surface area contributed by atoms with Crippen LogP contribution in [0.3, 0.4) is 0 Å². The molecule has 0 fully saturated rings. The van der Waals surface area contributed by atoms with Gasteiger partial charge in [-0.1, -0.05) is 22.0 Å². The maximum Gasteiger partial charge on any atom is 0.279 e. The monoisotopic (exact) mass is 436 g/mol. The number of nitro benzene ring substituents is 1. The number of hydrogen-bond acceptors (Lipinski definition) is 6. The summed E-state index contributed by atoms with van der Waals surface area (Å²) in [5.74, 6) is -0.805. The molecule has 0 saturated heterocycles. The molecule has 142 valence electrons. The number of halogens is 1. The molecule has 2 aromatic rings. The molecule has 27 heavy (non-hydrogen) atoms. The van der Waals surface area contributed by atoms with Gasteiger partial charge in [-0.25, -0.2) is 0 Å². The van der Waals surface area contributed by atoms with E-state index in [1.165, 1.54) is 19.1 Å². The Hall–Kier alpha value is -3.14. The first-order chi connectivity index (χ1) is 12.8. The molecule has 0 aromatic heterocycles. The van der Waals surface area contributed by atoms with E-state index >= 15 is 0 Å². The van der Waals surface area contributed by atoms with Gasteiger partial charge in [0.15, 0.2) is 6.10 Å². The third-order valence-electron chi connectivity index (χ3n) is 3.51. The first-order valence-corrected chi connectivity index (χ1v) is 8.59. The van der Waals surface area contributed by atoms with E-state index in [1.54, 1.807) is 25.2 Å². The van der Waals surface area contributed by atoms with Crippen molar-refractivity contribution in [2.75, 3.05) is 12.4 Å². The van der Waals surface area contributed by atoms with Crippen molar-refractivity contribution in [2.24, 2.45) is 0 Å². The average molecular weight is 437 g/mol. The molecular formula is C17H17BrN4O5. The number of nitrogens with zero attached hydrogens (tertiary/aromatic N) is 1. The Kier molecular flexibility index (Phi) is 6.72. The highest BCUT2D eigenvalue weighted by atomic mass is 79.9. The third-order valence-corrected chi connectivity index (χ3v) is 4.00. The SMILES string of the molecule is CNc1ccc([N+](=O)[O-])cc1C(=O)NNC(=O)C(C)Oc1cccc(Br)c1. The fraction of sp³-hybridized carbons (Fsp3) is 0.176. The van der Waals surface area contributed by atoms with Crippen LogP contribution in [0.2, 0.25) is 0 Å². The summed E-state index contributed by atoms with van der Waals surface area (Å²) in [6, 6.07) is 10.8. The molecule has 1 unspecified atom stereocenters. The Morgan fingerprint density at radius 1 is 1.19 bits per heavy atom. The first-order valence-electron chi connectivity index (χ1n) is 7.80. The lowest BCUT2D eigenvalue weighted by Gasteiger charge is -2.16. The number of nitro groups is 1. The van der Waals surface area contributed by atoms with E-state index in [0.29, 0.717) is 11.4 Å². The summed E-state index contributed by atoms with van der Waals surface area (Å²) in [5, 5.41) is 13.7. The highest BCUT2D eigenvalue weighted by Crippen LogP contribution is 2.22. The van der Waals surface area contributed by atoms with Crippen molar-refractivity contribution in [1.29, 1.82) is 0 Å². The van der Waals surface area contributed by atoms with Crippen LogP contribution < -0.4 is 20.9 Å². The zero-order chi connectivity index (χ0) is 20.0. The number of amides is 2. The molecule has 0 bridgehead atoms. The molecule has 9 nitrogen and oxygen atoms in total. The lowest BCUT2D eigenvalue weighted by Crippen LogP contribution is -2.47. The van der Waals surface area contributed by atoms with Crippen LogP contribution in [-0.2, 0) is 4.79 Å². The molecule has 0 aliphatic rings. The zero-order valence-electron chi connectivity index (χ0n) is 14.5. The Morgan fingerprint density at radius 3 is 2.56 bits per heavy atom. The highest BCUT2D eigenvalue weighted by molar-refractivity contribution is 9.10. The number of nitrogens with one attached hydrogen (secondary N) is 3. The van der Waals surface area contributed by atoms with E-state index in [-0.39, 0.29) is 11.3 Å². The largest absolute Gasteiger partial charge is 0.481 e. The summed E-state index contributed by atoms with van der Waals surface area (Å²) in [6.07, 6.45) is -0.881. The van der Waals surface area contributed by atoms with E-state index < -0.39 is 22.8 Å². The van der Waals surface area contributed by atoms with Crippen LogP contribution in [0, 0.1) is 10.1 Å². The van der Waals surface area contributed by atoms with Crippen molar-refractivity contribution in [3.05, 3.63) is 62.6 Å². The number of hydrazine groups is 1. The van der Waals surface area contributed by atoms with Crippen molar-refractivity contribution < 1.29 is 19.2 Å². The van der Waals surface area contributed by atoms with Crippen LogP contribution in [0.1, 0.15) is 17.3 Å². The molecule has 1 atom stereocenters. The van der Waals surface area contributed by atoms with Gasteiger partial charge in [0, 0.05) is 29.3 Å². The molecule has 3 N–H and O–H groups in total. The molecule has 10 heteroatoms. The number of carbonyl (C=O) groups excluding carboxylic acids is 2. The summed E-state index contributed by atoms with van der Waals surface area (Å²) in [4.78, 5) is 34.7. The number of benzene rings is 2. The van der Waals surface area contributed by atoms with Crippen molar-refractivity contribution in [3.63, 3.8) is 0 Å². The van der Waals surface area contributed by atoms with Gasteiger partial charge in [-0.3, -0.25) is 30.6 Å². The van der Waals surface area contributed by atoms with E-state index in [0.717, 1.165) is 10.5 Å². The Labute approximate surface area is 163 Å². The number of carbonyl (C=O) groups is 2. The van der Waals surface area contributed by atoms with Crippen LogP contribution in [0.25, 0.3) is 0 Å². The fourth-order valence-electron chi connectivity index (χ4n) is 2.14. The first kappa shape index (κ1) is 20.2. The predicted octanol–water partition coefficient (Wildman–Crippen LogP) is 2.63. The summed E-state index contributed by atoms with van der Waals surface area (Å²) >= 11 is 3.30. The zero-order valence-corrected chi connectivity index (χ0v) is 16.1. The van der Waals surface area contributed by atoms with Gasteiger partial charge in [-0.05, 0) is 31.2 Å². The quantitative estimate of drug-likeness (QED) is 0.472. The number of ether oxygens (including phenoxy) is 1. The minimum absolute atomic E-state index is 0.0209. The van der Waals surface area contributed by atoms with Gasteiger partial charge < -0.3 is 10.1 Å². The predicted molar refractivity (Wildman–Crippen MR) is 102 cm³/mol. The van der Waals surface area contributed by atoms with Crippen LogP contribution in [-0.4, -0.2) is 29.9 Å². The molecule has 0 aliphatic heterocycles. The maximum atomic E-state index is 12.3. The lowest BCUT2D eigenvalue weighted by molar-refractivity contribution is -0.384. The molecule has 0 radical (unpaired) electrons. The van der Waals surface area contributed by atoms with E-state index in [1.807, 2.05) is 6.07 Å². The molecule has 0 aliphatic carbocycles. The third kappa shape index (κ3) is 5.42. The van der Waals surface area contributed by atoms with Crippen molar-refractivity contribution in [3.8, 4) is 5.75 Å².